The van der Waals surface area contributed by atoms with Gasteiger partial charge >= 0.3 is 0 Å². The average Bonchev–Trinajstić information content (AvgIpc) is 3.26. The lowest BCUT2D eigenvalue weighted by molar-refractivity contribution is -0.130. The van der Waals surface area contributed by atoms with Crippen LogP contribution in [0.25, 0.3) is 11.4 Å². The number of ether oxygens (including phenoxy) is 2. The van der Waals surface area contributed by atoms with Gasteiger partial charge in [-0.2, -0.15) is 9.29 Å². The molecule has 33 heavy (non-hydrogen) atoms. The summed E-state index contributed by atoms with van der Waals surface area (Å²) in [5.41, 5.74) is 0.673. The van der Waals surface area contributed by atoms with Crippen molar-refractivity contribution < 1.29 is 27.2 Å². The van der Waals surface area contributed by atoms with E-state index in [1.807, 2.05) is 0 Å². The Morgan fingerprint density at radius 1 is 1.09 bits per heavy atom. The summed E-state index contributed by atoms with van der Waals surface area (Å²) < 4.78 is 42.3. The minimum Gasteiger partial charge on any atom is -0.493 e. The van der Waals surface area contributed by atoms with Crippen LogP contribution in [0.15, 0.2) is 51.9 Å². The molecule has 0 saturated heterocycles. The number of benzene rings is 2. The van der Waals surface area contributed by atoms with E-state index in [0.717, 1.165) is 4.31 Å². The normalized spacial score (nSPS) is 11.5. The molecule has 0 N–H and O–H groups in total. The topological polar surface area (TPSA) is 115 Å². The summed E-state index contributed by atoms with van der Waals surface area (Å²) in [6.45, 7) is -0.376. The van der Waals surface area contributed by atoms with E-state index < -0.39 is 15.9 Å². The maximum atomic E-state index is 12.9. The van der Waals surface area contributed by atoms with Gasteiger partial charge in [0.25, 0.3) is 0 Å². The summed E-state index contributed by atoms with van der Waals surface area (Å²) in [6, 6.07) is 11.2. The van der Waals surface area contributed by atoms with Gasteiger partial charge in [-0.25, -0.2) is 8.42 Å². The predicted octanol–water partition coefficient (Wildman–Crippen LogP) is 2.69. The zero-order valence-corrected chi connectivity index (χ0v) is 20.1. The van der Waals surface area contributed by atoms with Gasteiger partial charge in [-0.3, -0.25) is 4.79 Å². The van der Waals surface area contributed by atoms with Crippen molar-refractivity contribution in [1.82, 2.24) is 19.3 Å². The first-order valence-corrected chi connectivity index (χ1v) is 11.5. The number of nitrogens with zero attached hydrogens (tertiary/aromatic N) is 4. The van der Waals surface area contributed by atoms with Crippen LogP contribution in [-0.4, -0.2) is 68.5 Å². The third-order valence-electron chi connectivity index (χ3n) is 4.77. The average molecular weight is 495 g/mol. The smallest absolute Gasteiger partial charge is 0.246 e. The third kappa shape index (κ3) is 5.62. The molecule has 10 nitrogen and oxygen atoms in total. The van der Waals surface area contributed by atoms with E-state index in [1.165, 1.54) is 51.4 Å². The summed E-state index contributed by atoms with van der Waals surface area (Å²) in [5, 5.41) is 4.43. The standard InChI is InChI=1S/C21H23ClN4O6S/c1-25(12-19-23-21(24-32-19)14-6-5-7-15(22)10-14)20(27)13-26(2)33(28,29)16-8-9-17(30-3)18(11-16)31-4/h5-11H,12-13H2,1-4H3. The molecule has 3 aromatic rings. The van der Waals surface area contributed by atoms with E-state index in [-0.39, 0.29) is 29.6 Å². The number of carbonyl (C=O) groups is 1. The van der Waals surface area contributed by atoms with Gasteiger partial charge in [0.05, 0.1) is 32.2 Å². The second kappa shape index (κ2) is 10.2. The Labute approximate surface area is 196 Å². The van der Waals surface area contributed by atoms with Crippen molar-refractivity contribution in [2.75, 3.05) is 34.9 Å². The molecule has 12 heteroatoms. The van der Waals surface area contributed by atoms with Crippen molar-refractivity contribution in [2.24, 2.45) is 0 Å². The van der Waals surface area contributed by atoms with Gasteiger partial charge in [-0.1, -0.05) is 28.9 Å². The van der Waals surface area contributed by atoms with Gasteiger partial charge in [0.15, 0.2) is 11.5 Å². The summed E-state index contributed by atoms with van der Waals surface area (Å²) in [5.74, 6) is 0.741. The zero-order valence-electron chi connectivity index (χ0n) is 18.5. The van der Waals surface area contributed by atoms with Gasteiger partial charge in [0, 0.05) is 30.7 Å². The Kier molecular flexibility index (Phi) is 7.57. The van der Waals surface area contributed by atoms with Gasteiger partial charge in [-0.15, -0.1) is 0 Å². The molecule has 1 aromatic heterocycles. The van der Waals surface area contributed by atoms with E-state index in [2.05, 4.69) is 10.1 Å². The Morgan fingerprint density at radius 3 is 2.48 bits per heavy atom. The van der Waals surface area contributed by atoms with Crippen LogP contribution in [0.4, 0.5) is 0 Å². The summed E-state index contributed by atoms with van der Waals surface area (Å²) in [7, 11) is 1.75. The summed E-state index contributed by atoms with van der Waals surface area (Å²) in [6.07, 6.45) is 0. The molecule has 0 unspecified atom stereocenters. The van der Waals surface area contributed by atoms with Gasteiger partial charge in [-0.05, 0) is 24.3 Å². The molecule has 2 aromatic carbocycles. The molecule has 1 amide bonds. The van der Waals surface area contributed by atoms with Crippen molar-refractivity contribution in [3.63, 3.8) is 0 Å². The number of amides is 1. The van der Waals surface area contributed by atoms with Crippen LogP contribution in [0.1, 0.15) is 5.89 Å². The molecular formula is C21H23ClN4O6S. The van der Waals surface area contributed by atoms with Crippen LogP contribution in [0.2, 0.25) is 5.02 Å². The molecule has 0 bridgehead atoms. The fourth-order valence-electron chi connectivity index (χ4n) is 2.91. The number of sulfonamides is 1. The van der Waals surface area contributed by atoms with Gasteiger partial charge < -0.3 is 18.9 Å². The van der Waals surface area contributed by atoms with Gasteiger partial charge in [0.2, 0.25) is 27.6 Å². The zero-order chi connectivity index (χ0) is 24.2. The second-order valence-corrected chi connectivity index (χ2v) is 9.53. The Bertz CT molecular complexity index is 1250. The first-order chi connectivity index (χ1) is 15.6. The number of hydrogen-bond donors (Lipinski definition) is 0. The van der Waals surface area contributed by atoms with Crippen LogP contribution in [-0.2, 0) is 21.4 Å². The highest BCUT2D eigenvalue weighted by atomic mass is 35.5. The SMILES string of the molecule is COc1ccc(S(=O)(=O)N(C)CC(=O)N(C)Cc2nc(-c3cccc(Cl)c3)no2)cc1OC. The van der Waals surface area contributed by atoms with E-state index >= 15 is 0 Å². The Balaban J connectivity index is 1.67. The molecule has 176 valence electrons. The molecule has 1 heterocycles. The molecule has 0 saturated carbocycles. The fraction of sp³-hybridized carbons (Fsp3) is 0.286. The van der Waals surface area contributed by atoms with Crippen LogP contribution in [0.5, 0.6) is 11.5 Å². The van der Waals surface area contributed by atoms with Crippen LogP contribution in [0.3, 0.4) is 0 Å². The predicted molar refractivity (Wildman–Crippen MR) is 121 cm³/mol. The van der Waals surface area contributed by atoms with Crippen LogP contribution < -0.4 is 9.47 Å². The molecule has 0 aliphatic heterocycles. The lowest BCUT2D eigenvalue weighted by atomic mass is 10.2. The van der Waals surface area contributed by atoms with E-state index in [0.29, 0.717) is 22.2 Å². The molecule has 0 fully saturated rings. The maximum absolute atomic E-state index is 12.9. The Morgan fingerprint density at radius 2 is 1.82 bits per heavy atom. The maximum Gasteiger partial charge on any atom is 0.246 e. The molecule has 0 aliphatic rings. The molecule has 0 atom stereocenters. The number of carbonyl (C=O) groups excluding carboxylic acids is 1. The monoisotopic (exact) mass is 494 g/mol. The minimum absolute atomic E-state index is 0.0106. The highest BCUT2D eigenvalue weighted by molar-refractivity contribution is 7.89. The minimum atomic E-state index is -3.95. The first kappa shape index (κ1) is 24.5. The van der Waals surface area contributed by atoms with Crippen molar-refractivity contribution in [2.45, 2.75) is 11.4 Å². The molecule has 0 spiro atoms. The molecule has 0 aliphatic carbocycles. The summed E-state index contributed by atoms with van der Waals surface area (Å²) in [4.78, 5) is 18.2. The quantitative estimate of drug-likeness (QED) is 0.446. The van der Waals surface area contributed by atoms with Crippen molar-refractivity contribution in [3.05, 3.63) is 53.4 Å². The molecule has 0 radical (unpaired) electrons. The van der Waals surface area contributed by atoms with Crippen molar-refractivity contribution in [3.8, 4) is 22.9 Å². The van der Waals surface area contributed by atoms with E-state index in [1.54, 1.807) is 24.3 Å². The number of likely N-dealkylation sites (N-methyl/N-ethyl adjacent to an activating group) is 2. The van der Waals surface area contributed by atoms with Gasteiger partial charge in [0.1, 0.15) is 0 Å². The lowest BCUT2D eigenvalue weighted by Crippen LogP contribution is -2.39. The highest BCUT2D eigenvalue weighted by Crippen LogP contribution is 2.30. The first-order valence-electron chi connectivity index (χ1n) is 9.66. The summed E-state index contributed by atoms with van der Waals surface area (Å²) >= 11 is 5.98. The van der Waals surface area contributed by atoms with Crippen LogP contribution in [0, 0.1) is 0 Å². The highest BCUT2D eigenvalue weighted by Gasteiger charge is 2.26. The number of hydrogen-bond acceptors (Lipinski definition) is 8. The fourth-order valence-corrected chi connectivity index (χ4v) is 4.23. The largest absolute Gasteiger partial charge is 0.493 e. The van der Waals surface area contributed by atoms with E-state index in [9.17, 15) is 13.2 Å². The number of aromatic nitrogens is 2. The third-order valence-corrected chi connectivity index (χ3v) is 6.80. The van der Waals surface area contributed by atoms with E-state index in [4.69, 9.17) is 25.6 Å². The number of methoxy groups -OCH3 is 2. The Hall–Kier alpha value is -3.15. The number of rotatable bonds is 9. The van der Waals surface area contributed by atoms with Crippen molar-refractivity contribution >= 4 is 27.5 Å². The van der Waals surface area contributed by atoms with Crippen LogP contribution >= 0.6 is 11.6 Å². The lowest BCUT2D eigenvalue weighted by Gasteiger charge is -2.21. The molecular weight excluding hydrogens is 472 g/mol. The van der Waals surface area contributed by atoms with Crippen molar-refractivity contribution in [1.29, 1.82) is 0 Å². The number of halogens is 1. The molecule has 3 rings (SSSR count). The second-order valence-electron chi connectivity index (χ2n) is 7.05.